The molecule has 1 amide bonds. The third-order valence-electron chi connectivity index (χ3n) is 2.49. The fraction of sp³-hybridized carbons (Fsp3) is 0.583. The smallest absolute Gasteiger partial charge is 0.225 e. The number of hydrogen-bond donors (Lipinski definition) is 1. The molecule has 2 N–H and O–H groups in total. The molecule has 0 aliphatic carbocycles. The Morgan fingerprint density at radius 3 is 2.94 bits per heavy atom. The van der Waals surface area contributed by atoms with Gasteiger partial charge in [0.05, 0.1) is 12.5 Å². The molecule has 0 aliphatic heterocycles. The summed E-state index contributed by atoms with van der Waals surface area (Å²) in [6, 6.07) is 2.03. The van der Waals surface area contributed by atoms with Gasteiger partial charge in [0.15, 0.2) is 0 Å². The van der Waals surface area contributed by atoms with E-state index in [9.17, 15) is 4.79 Å². The van der Waals surface area contributed by atoms with Crippen LogP contribution in [0.3, 0.4) is 0 Å². The van der Waals surface area contributed by atoms with E-state index >= 15 is 0 Å². The first-order chi connectivity index (χ1) is 8.17. The van der Waals surface area contributed by atoms with E-state index in [1.54, 1.807) is 23.3 Å². The van der Waals surface area contributed by atoms with E-state index in [1.807, 2.05) is 23.8 Å². The largest absolute Gasteiger partial charge is 0.377 e. The van der Waals surface area contributed by atoms with Crippen LogP contribution < -0.4 is 5.73 Å². The van der Waals surface area contributed by atoms with E-state index in [-0.39, 0.29) is 12.0 Å². The van der Waals surface area contributed by atoms with Gasteiger partial charge in [0, 0.05) is 26.7 Å². The summed E-state index contributed by atoms with van der Waals surface area (Å²) >= 11 is 1.64. The number of ether oxygens (including phenoxy) is 1. The summed E-state index contributed by atoms with van der Waals surface area (Å²) in [5, 5.41) is 4.06. The van der Waals surface area contributed by atoms with Gasteiger partial charge in [-0.05, 0) is 29.3 Å². The zero-order valence-corrected chi connectivity index (χ0v) is 11.2. The normalized spacial score (nSPS) is 12.4. The summed E-state index contributed by atoms with van der Waals surface area (Å²) in [6.45, 7) is 3.52. The number of amides is 1. The number of nitrogens with zero attached hydrogens (tertiary/aromatic N) is 1. The molecule has 1 atom stereocenters. The van der Waals surface area contributed by atoms with E-state index in [0.717, 1.165) is 5.56 Å². The predicted octanol–water partition coefficient (Wildman–Crippen LogP) is 1.46. The number of hydrogen-bond acceptors (Lipinski definition) is 4. The molecule has 1 heterocycles. The van der Waals surface area contributed by atoms with Gasteiger partial charge >= 0.3 is 0 Å². The van der Waals surface area contributed by atoms with Gasteiger partial charge in [-0.15, -0.1) is 0 Å². The molecule has 1 aromatic rings. The van der Waals surface area contributed by atoms with E-state index < -0.39 is 0 Å². The predicted molar refractivity (Wildman–Crippen MR) is 69.9 cm³/mol. The first-order valence-electron chi connectivity index (χ1n) is 5.74. The molecule has 0 aliphatic rings. The third kappa shape index (κ3) is 4.85. The van der Waals surface area contributed by atoms with E-state index in [1.165, 1.54) is 0 Å². The van der Waals surface area contributed by atoms with E-state index in [2.05, 4.69) is 0 Å². The highest BCUT2D eigenvalue weighted by molar-refractivity contribution is 7.07. The van der Waals surface area contributed by atoms with Crippen molar-refractivity contribution in [3.63, 3.8) is 0 Å². The van der Waals surface area contributed by atoms with Crippen molar-refractivity contribution < 1.29 is 9.53 Å². The zero-order valence-electron chi connectivity index (χ0n) is 10.4. The maximum Gasteiger partial charge on any atom is 0.225 e. The summed E-state index contributed by atoms with van der Waals surface area (Å²) in [7, 11) is 1.81. The second kappa shape index (κ2) is 7.42. The van der Waals surface area contributed by atoms with Gasteiger partial charge in [-0.25, -0.2) is 0 Å². The van der Waals surface area contributed by atoms with Crippen LogP contribution in [0.25, 0.3) is 0 Å². The van der Waals surface area contributed by atoms with Gasteiger partial charge < -0.3 is 15.4 Å². The number of rotatable bonds is 7. The molecule has 0 radical (unpaired) electrons. The van der Waals surface area contributed by atoms with Crippen molar-refractivity contribution in [2.24, 2.45) is 5.73 Å². The van der Waals surface area contributed by atoms with Crippen LogP contribution >= 0.6 is 11.3 Å². The molecule has 0 spiro atoms. The van der Waals surface area contributed by atoms with Crippen molar-refractivity contribution in [2.75, 3.05) is 20.2 Å². The van der Waals surface area contributed by atoms with Crippen molar-refractivity contribution in [2.45, 2.75) is 26.0 Å². The van der Waals surface area contributed by atoms with Crippen LogP contribution in [0.1, 0.15) is 18.9 Å². The van der Waals surface area contributed by atoms with Gasteiger partial charge in [0.2, 0.25) is 5.91 Å². The SMILES string of the molecule is CCOC(CN)CC(=O)N(C)Cc1ccsc1. The Kier molecular flexibility index (Phi) is 6.18. The third-order valence-corrected chi connectivity index (χ3v) is 3.23. The summed E-state index contributed by atoms with van der Waals surface area (Å²) < 4.78 is 5.38. The molecular formula is C12H20N2O2S. The lowest BCUT2D eigenvalue weighted by Gasteiger charge is -2.20. The highest BCUT2D eigenvalue weighted by Gasteiger charge is 2.16. The van der Waals surface area contributed by atoms with Gasteiger partial charge in [0.1, 0.15) is 0 Å². The van der Waals surface area contributed by atoms with E-state index in [4.69, 9.17) is 10.5 Å². The maximum atomic E-state index is 11.9. The summed E-state index contributed by atoms with van der Waals surface area (Å²) in [5.74, 6) is 0.0695. The zero-order chi connectivity index (χ0) is 12.7. The fourth-order valence-electron chi connectivity index (χ4n) is 1.54. The fourth-order valence-corrected chi connectivity index (χ4v) is 2.20. The molecular weight excluding hydrogens is 236 g/mol. The van der Waals surface area contributed by atoms with Crippen molar-refractivity contribution in [1.29, 1.82) is 0 Å². The maximum absolute atomic E-state index is 11.9. The van der Waals surface area contributed by atoms with Gasteiger partial charge in [-0.3, -0.25) is 4.79 Å². The second-order valence-electron chi connectivity index (χ2n) is 3.90. The van der Waals surface area contributed by atoms with Crippen LogP contribution in [-0.2, 0) is 16.1 Å². The lowest BCUT2D eigenvalue weighted by Crippen LogP contribution is -2.33. The molecule has 4 nitrogen and oxygen atoms in total. The van der Waals surface area contributed by atoms with Crippen molar-refractivity contribution in [1.82, 2.24) is 4.90 Å². The average Bonchev–Trinajstić information content (AvgIpc) is 2.81. The number of carbonyl (C=O) groups excluding carboxylic acids is 1. The van der Waals surface area contributed by atoms with Crippen molar-refractivity contribution >= 4 is 17.2 Å². The Balaban J connectivity index is 2.40. The molecule has 1 rings (SSSR count). The molecule has 0 aromatic carbocycles. The Hall–Kier alpha value is -0.910. The molecule has 1 aromatic heterocycles. The van der Waals surface area contributed by atoms with Gasteiger partial charge in [-0.2, -0.15) is 11.3 Å². The average molecular weight is 256 g/mol. The Bertz CT molecular complexity index is 327. The molecule has 0 bridgehead atoms. The monoisotopic (exact) mass is 256 g/mol. The minimum absolute atomic E-state index is 0.0695. The Morgan fingerprint density at radius 2 is 2.41 bits per heavy atom. The Labute approximate surface area is 106 Å². The standard InChI is InChI=1S/C12H20N2O2S/c1-3-16-11(7-13)6-12(15)14(2)8-10-4-5-17-9-10/h4-5,9,11H,3,6-8,13H2,1-2H3. The summed E-state index contributed by atoms with van der Waals surface area (Å²) in [4.78, 5) is 13.6. The number of carbonyl (C=O) groups is 1. The quantitative estimate of drug-likeness (QED) is 0.803. The lowest BCUT2D eigenvalue weighted by molar-refractivity contribution is -0.133. The van der Waals surface area contributed by atoms with Crippen LogP contribution in [0.15, 0.2) is 16.8 Å². The van der Waals surface area contributed by atoms with Crippen LogP contribution in [0.5, 0.6) is 0 Å². The minimum Gasteiger partial charge on any atom is -0.377 e. The first kappa shape index (κ1) is 14.2. The van der Waals surface area contributed by atoms with Gasteiger partial charge in [-0.1, -0.05) is 0 Å². The molecule has 5 heteroatoms. The Morgan fingerprint density at radius 1 is 1.65 bits per heavy atom. The van der Waals surface area contributed by atoms with Crippen molar-refractivity contribution in [3.05, 3.63) is 22.4 Å². The number of thiophene rings is 1. The van der Waals surface area contributed by atoms with Crippen molar-refractivity contribution in [3.8, 4) is 0 Å². The molecule has 96 valence electrons. The lowest BCUT2D eigenvalue weighted by atomic mass is 10.2. The highest BCUT2D eigenvalue weighted by Crippen LogP contribution is 2.10. The first-order valence-corrected chi connectivity index (χ1v) is 6.68. The molecule has 0 fully saturated rings. The van der Waals surface area contributed by atoms with Crippen LogP contribution in [0.2, 0.25) is 0 Å². The molecule has 0 saturated carbocycles. The number of nitrogens with two attached hydrogens (primary N) is 1. The van der Waals surface area contributed by atoms with Crippen LogP contribution in [0, 0.1) is 0 Å². The van der Waals surface area contributed by atoms with E-state index in [0.29, 0.717) is 26.1 Å². The topological polar surface area (TPSA) is 55.6 Å². The summed E-state index contributed by atoms with van der Waals surface area (Å²) in [6.07, 6.45) is 0.183. The van der Waals surface area contributed by atoms with Crippen LogP contribution in [0.4, 0.5) is 0 Å². The highest BCUT2D eigenvalue weighted by atomic mass is 32.1. The molecule has 0 saturated heterocycles. The molecule has 17 heavy (non-hydrogen) atoms. The second-order valence-corrected chi connectivity index (χ2v) is 4.68. The van der Waals surface area contributed by atoms with Gasteiger partial charge in [0.25, 0.3) is 0 Å². The van der Waals surface area contributed by atoms with Crippen LogP contribution in [-0.4, -0.2) is 37.1 Å². The minimum atomic E-state index is -0.169. The molecule has 1 unspecified atom stereocenters. The summed E-state index contributed by atoms with van der Waals surface area (Å²) in [5.41, 5.74) is 6.71.